The molecule has 4 rings (SSSR count). The Morgan fingerprint density at radius 1 is 0.904 bits per heavy atom. The maximum absolute atomic E-state index is 14.4. The van der Waals surface area contributed by atoms with Crippen LogP contribution in [0.2, 0.25) is 0 Å². The number of nitrogens with one attached hydrogen (secondary N) is 1. The lowest BCUT2D eigenvalue weighted by atomic mass is 9.94. The summed E-state index contributed by atoms with van der Waals surface area (Å²) in [7, 11) is 3.06. The summed E-state index contributed by atoms with van der Waals surface area (Å²) >= 11 is 0. The molecule has 1 aliphatic heterocycles. The van der Waals surface area contributed by atoms with Crippen LogP contribution in [0.4, 0.5) is 10.2 Å². The van der Waals surface area contributed by atoms with E-state index in [0.29, 0.717) is 25.6 Å². The molecule has 0 saturated heterocycles. The summed E-state index contributed by atoms with van der Waals surface area (Å²) in [4.78, 5) is 19.0. The van der Waals surface area contributed by atoms with Gasteiger partial charge in [-0.15, -0.1) is 9.60 Å². The zero-order valence-corrected chi connectivity index (χ0v) is 33.8. The van der Waals surface area contributed by atoms with Crippen LogP contribution in [0.1, 0.15) is 96.9 Å². The van der Waals surface area contributed by atoms with Gasteiger partial charge in [0.2, 0.25) is 0 Å². The molecule has 3 aromatic carbocycles. The SMILES string of the molecule is C=O.CC.CC.CC=O.CO.Cc1cc(C(C)CCN(F)C(C)(C)C)ccc1N(C)C1=CC=C(OCc2ccccc2)NC1OCc1ccccc1. The number of halogens is 1. The molecule has 0 bridgehead atoms. The van der Waals surface area contributed by atoms with Gasteiger partial charge in [-0.3, -0.25) is 0 Å². The number of hydrogen-bond donors (Lipinski definition) is 2. The Morgan fingerprint density at radius 2 is 1.40 bits per heavy atom. The molecule has 2 N–H and O–H groups in total. The van der Waals surface area contributed by atoms with Crippen molar-refractivity contribution >= 4 is 18.8 Å². The molecule has 0 amide bonds. The van der Waals surface area contributed by atoms with Crippen LogP contribution in [0, 0.1) is 6.92 Å². The van der Waals surface area contributed by atoms with E-state index in [0.717, 1.165) is 53.0 Å². The Labute approximate surface area is 314 Å². The summed E-state index contributed by atoms with van der Waals surface area (Å²) in [6, 6.07) is 26.8. The van der Waals surface area contributed by atoms with Crippen molar-refractivity contribution in [2.24, 2.45) is 0 Å². The number of dihydropyridines is 1. The second-order valence-corrected chi connectivity index (χ2v) is 12.0. The molecule has 0 aliphatic carbocycles. The average Bonchev–Trinajstić information content (AvgIpc) is 3.18. The molecule has 0 spiro atoms. The first kappa shape index (κ1) is 49.8. The number of aliphatic hydroxyl groups excluding tert-OH is 1. The van der Waals surface area contributed by atoms with Crippen molar-refractivity contribution in [3.05, 3.63) is 125 Å². The van der Waals surface area contributed by atoms with Crippen LogP contribution in [-0.2, 0) is 32.3 Å². The summed E-state index contributed by atoms with van der Waals surface area (Å²) in [6.45, 7) is 22.8. The lowest BCUT2D eigenvalue weighted by Crippen LogP contribution is -2.41. The van der Waals surface area contributed by atoms with E-state index in [-0.39, 0.29) is 5.92 Å². The highest BCUT2D eigenvalue weighted by Gasteiger charge is 2.26. The van der Waals surface area contributed by atoms with E-state index in [9.17, 15) is 4.48 Å². The fraction of sp³-hybridized carbons (Fsp3) is 0.442. The Hall–Kier alpha value is -4.31. The maximum atomic E-state index is 14.4. The molecule has 52 heavy (non-hydrogen) atoms. The molecule has 0 aromatic heterocycles. The van der Waals surface area contributed by atoms with Crippen LogP contribution in [0.5, 0.6) is 0 Å². The second kappa shape index (κ2) is 29.3. The third kappa shape index (κ3) is 18.3. The Balaban J connectivity index is 0. The van der Waals surface area contributed by atoms with Gasteiger partial charge in [0.15, 0.2) is 12.1 Å². The molecule has 2 atom stereocenters. The highest BCUT2D eigenvalue weighted by Crippen LogP contribution is 2.31. The summed E-state index contributed by atoms with van der Waals surface area (Å²) in [5.74, 6) is 0.917. The first-order valence-electron chi connectivity index (χ1n) is 17.9. The first-order chi connectivity index (χ1) is 25.0. The van der Waals surface area contributed by atoms with Gasteiger partial charge in [-0.25, -0.2) is 0 Å². The van der Waals surface area contributed by atoms with Crippen molar-refractivity contribution in [1.82, 2.24) is 10.4 Å². The van der Waals surface area contributed by atoms with E-state index < -0.39 is 11.8 Å². The number of nitrogens with zero attached hydrogens (tertiary/aromatic N) is 2. The fourth-order valence-corrected chi connectivity index (χ4v) is 4.80. The zero-order chi connectivity index (χ0) is 40.1. The van der Waals surface area contributed by atoms with Crippen LogP contribution in [-0.4, -0.2) is 55.8 Å². The van der Waals surface area contributed by atoms with Crippen LogP contribution in [0.25, 0.3) is 0 Å². The largest absolute Gasteiger partial charge is 0.474 e. The lowest BCUT2D eigenvalue weighted by molar-refractivity contribution is -0.106. The molecule has 0 radical (unpaired) electrons. The standard InChI is InChI=1S/C35H44FN3O2.C2H4O.2C2H6.CH4O.CH2O/c1-26(21-22-39(36)35(3,4)5)30-17-18-31(27(2)23-30)38(6)32-19-20-33(40-24-28-13-9-7-10-14-28)37-34(32)41-25-29-15-11-8-12-16-29;1-2-3;4*1-2/h7-20,23,26,34,37H,21-22,24-25H2,1-6H3;2H,1H3;2*1-2H3;2H,1H3;1H2. The number of benzene rings is 3. The summed E-state index contributed by atoms with van der Waals surface area (Å²) < 4.78 is 26.9. The highest BCUT2D eigenvalue weighted by molar-refractivity contribution is 5.59. The third-order valence-corrected chi connectivity index (χ3v) is 7.47. The van der Waals surface area contributed by atoms with Gasteiger partial charge in [-0.1, -0.05) is 107 Å². The number of aliphatic hydroxyl groups is 1. The number of aldehydes is 1. The highest BCUT2D eigenvalue weighted by atomic mass is 19.2. The Bertz CT molecular complexity index is 1390. The van der Waals surface area contributed by atoms with Gasteiger partial charge < -0.3 is 34.4 Å². The molecule has 1 heterocycles. The monoisotopic (exact) mass is 723 g/mol. The first-order valence-corrected chi connectivity index (χ1v) is 17.9. The van der Waals surface area contributed by atoms with E-state index in [4.69, 9.17) is 24.2 Å². The Kier molecular flexibility index (Phi) is 28.0. The van der Waals surface area contributed by atoms with Crippen molar-refractivity contribution in [3.63, 3.8) is 0 Å². The van der Waals surface area contributed by atoms with Crippen molar-refractivity contribution in [2.45, 2.75) is 107 Å². The minimum absolute atomic E-state index is 0.249. The lowest BCUT2D eigenvalue weighted by Gasteiger charge is -2.34. The minimum Gasteiger partial charge on any atom is -0.474 e. The van der Waals surface area contributed by atoms with Gasteiger partial charge in [0.1, 0.15) is 19.7 Å². The van der Waals surface area contributed by atoms with E-state index in [1.807, 2.05) is 110 Å². The van der Waals surface area contributed by atoms with E-state index in [2.05, 4.69) is 67.5 Å². The summed E-state index contributed by atoms with van der Waals surface area (Å²) in [5, 5.41) is 11.4. The molecule has 1 aliphatic rings. The van der Waals surface area contributed by atoms with Crippen LogP contribution >= 0.6 is 0 Å². The molecule has 0 fully saturated rings. The second-order valence-electron chi connectivity index (χ2n) is 12.0. The Morgan fingerprint density at radius 3 is 1.88 bits per heavy atom. The molecule has 9 heteroatoms. The number of allylic oxidation sites excluding steroid dienone is 2. The van der Waals surface area contributed by atoms with Crippen LogP contribution < -0.4 is 10.2 Å². The number of ether oxygens (including phenoxy) is 2. The molecule has 8 nitrogen and oxygen atoms in total. The van der Waals surface area contributed by atoms with Gasteiger partial charge in [-0.05, 0) is 87.4 Å². The molecule has 2 unspecified atom stereocenters. The van der Waals surface area contributed by atoms with Gasteiger partial charge in [-0.2, -0.15) is 0 Å². The predicted octanol–water partition coefficient (Wildman–Crippen LogP) is 9.68. The van der Waals surface area contributed by atoms with Gasteiger partial charge >= 0.3 is 0 Å². The smallest absolute Gasteiger partial charge is 0.189 e. The molecular weight excluding hydrogens is 657 g/mol. The quantitative estimate of drug-likeness (QED) is 0.141. The fourth-order valence-electron chi connectivity index (χ4n) is 4.80. The predicted molar refractivity (Wildman–Crippen MR) is 215 cm³/mol. The van der Waals surface area contributed by atoms with Crippen LogP contribution in [0.3, 0.4) is 0 Å². The zero-order valence-electron chi connectivity index (χ0n) is 33.8. The van der Waals surface area contributed by atoms with E-state index >= 15 is 0 Å². The number of carbonyl (C=O) groups is 2. The number of anilines is 1. The molecule has 290 valence electrons. The van der Waals surface area contributed by atoms with Crippen molar-refractivity contribution in [3.8, 4) is 0 Å². The topological polar surface area (TPSA) is 91.3 Å². The van der Waals surface area contributed by atoms with Crippen molar-refractivity contribution in [2.75, 3.05) is 25.6 Å². The van der Waals surface area contributed by atoms with Gasteiger partial charge in [0.25, 0.3) is 0 Å². The number of aryl methyl sites for hydroxylation is 1. The number of likely N-dealkylation sites (N-methyl/N-ethyl adjacent to an activating group) is 1. The summed E-state index contributed by atoms with van der Waals surface area (Å²) in [5.41, 5.74) is 6.16. The van der Waals surface area contributed by atoms with Crippen LogP contribution in [0.15, 0.2) is 103 Å². The summed E-state index contributed by atoms with van der Waals surface area (Å²) in [6.07, 6.45) is 5.12. The van der Waals surface area contributed by atoms with Crippen molar-refractivity contribution < 1.29 is 28.7 Å². The number of hydrogen-bond acceptors (Lipinski definition) is 8. The molecule has 0 saturated carbocycles. The number of rotatable bonds is 12. The van der Waals surface area contributed by atoms with Crippen molar-refractivity contribution in [1.29, 1.82) is 0 Å². The van der Waals surface area contributed by atoms with Gasteiger partial charge in [0, 0.05) is 31.9 Å². The maximum Gasteiger partial charge on any atom is 0.189 e. The average molecular weight is 724 g/mol. The molecular formula is C43H66FN3O5. The van der Waals surface area contributed by atoms with E-state index in [1.165, 1.54) is 12.5 Å². The van der Waals surface area contributed by atoms with Gasteiger partial charge in [0.05, 0.1) is 12.3 Å². The number of carbonyl (C=O) groups excluding carboxylic acids is 2. The third-order valence-electron chi connectivity index (χ3n) is 7.47. The van der Waals surface area contributed by atoms with E-state index in [1.54, 1.807) is 0 Å². The molecule has 3 aromatic rings. The minimum atomic E-state index is -0.482. The normalized spacial score (nSPS) is 13.3.